The van der Waals surface area contributed by atoms with Crippen molar-refractivity contribution in [3.63, 3.8) is 0 Å². The zero-order valence-corrected chi connectivity index (χ0v) is 15.3. The number of hydrogen-bond acceptors (Lipinski definition) is 6. The van der Waals surface area contributed by atoms with Crippen LogP contribution in [-0.4, -0.2) is 42.2 Å². The molecule has 0 atom stereocenters. The van der Waals surface area contributed by atoms with Gasteiger partial charge in [0.05, 0.1) is 35.0 Å². The molecule has 1 aliphatic heterocycles. The van der Waals surface area contributed by atoms with Crippen molar-refractivity contribution in [1.29, 1.82) is 0 Å². The Hall–Kier alpha value is -3.82. The molecule has 1 aromatic carbocycles. The Labute approximate surface area is 164 Å². The van der Waals surface area contributed by atoms with Gasteiger partial charge in [0, 0.05) is 12.7 Å². The van der Waals surface area contributed by atoms with Crippen LogP contribution in [0.3, 0.4) is 0 Å². The number of halogens is 1. The first-order chi connectivity index (χ1) is 14.2. The standard InChI is InChI=1S/C19H16FN7O2/c20-14-3-5-15(6-4-14)27-16-2-1-7-26(17(16)9-23-27)18(28)11-25-10-13(8-22-25)19-21-12-29-24-19/h3-6,8-10,12H,1-2,7,11H2. The highest BCUT2D eigenvalue weighted by molar-refractivity contribution is 5.94. The highest BCUT2D eigenvalue weighted by Crippen LogP contribution is 2.29. The van der Waals surface area contributed by atoms with E-state index >= 15 is 0 Å². The Morgan fingerprint density at radius 1 is 1.17 bits per heavy atom. The number of carbonyl (C=O) groups excluding carboxylic acids is 1. The van der Waals surface area contributed by atoms with Crippen molar-refractivity contribution in [2.24, 2.45) is 0 Å². The maximum atomic E-state index is 13.2. The van der Waals surface area contributed by atoms with E-state index in [1.807, 2.05) is 0 Å². The second-order valence-electron chi connectivity index (χ2n) is 6.70. The molecule has 0 saturated carbocycles. The minimum absolute atomic E-state index is 0.0824. The van der Waals surface area contributed by atoms with Crippen molar-refractivity contribution in [2.45, 2.75) is 19.4 Å². The van der Waals surface area contributed by atoms with Crippen molar-refractivity contribution in [2.75, 3.05) is 11.4 Å². The first kappa shape index (κ1) is 17.3. The number of amides is 1. The number of rotatable bonds is 4. The third-order valence-corrected chi connectivity index (χ3v) is 4.86. The third-order valence-electron chi connectivity index (χ3n) is 4.86. The van der Waals surface area contributed by atoms with Crippen LogP contribution in [0, 0.1) is 5.82 Å². The fraction of sp³-hybridized carbons (Fsp3) is 0.211. The predicted octanol–water partition coefficient (Wildman–Crippen LogP) is 2.24. The summed E-state index contributed by atoms with van der Waals surface area (Å²) in [5, 5.41) is 12.4. The number of anilines is 1. The van der Waals surface area contributed by atoms with Crippen LogP contribution in [0.1, 0.15) is 12.1 Å². The van der Waals surface area contributed by atoms with Gasteiger partial charge in [0.15, 0.2) is 0 Å². The maximum Gasteiger partial charge on any atom is 0.248 e. The topological polar surface area (TPSA) is 94.9 Å². The summed E-state index contributed by atoms with van der Waals surface area (Å²) in [7, 11) is 0. The van der Waals surface area contributed by atoms with E-state index in [1.54, 1.807) is 45.0 Å². The van der Waals surface area contributed by atoms with E-state index < -0.39 is 0 Å². The molecule has 1 aliphatic rings. The van der Waals surface area contributed by atoms with Crippen LogP contribution in [0.25, 0.3) is 17.1 Å². The lowest BCUT2D eigenvalue weighted by Crippen LogP contribution is -2.37. The second kappa shape index (κ2) is 6.97. The van der Waals surface area contributed by atoms with Crippen LogP contribution >= 0.6 is 0 Å². The minimum atomic E-state index is -0.300. The fourth-order valence-electron chi connectivity index (χ4n) is 3.50. The molecule has 0 fully saturated rings. The third kappa shape index (κ3) is 3.18. The van der Waals surface area contributed by atoms with Gasteiger partial charge < -0.3 is 9.42 Å². The van der Waals surface area contributed by atoms with Gasteiger partial charge in [-0.1, -0.05) is 5.16 Å². The minimum Gasteiger partial charge on any atom is -0.342 e. The molecule has 29 heavy (non-hydrogen) atoms. The molecule has 0 unspecified atom stereocenters. The van der Waals surface area contributed by atoms with Crippen molar-refractivity contribution >= 4 is 11.6 Å². The van der Waals surface area contributed by atoms with Gasteiger partial charge in [0.25, 0.3) is 0 Å². The van der Waals surface area contributed by atoms with E-state index in [1.165, 1.54) is 18.5 Å². The summed E-state index contributed by atoms with van der Waals surface area (Å²) in [6, 6.07) is 6.14. The summed E-state index contributed by atoms with van der Waals surface area (Å²) in [6.07, 6.45) is 7.83. The van der Waals surface area contributed by atoms with Crippen LogP contribution in [0.15, 0.2) is 53.8 Å². The van der Waals surface area contributed by atoms with Crippen LogP contribution in [-0.2, 0) is 17.8 Å². The van der Waals surface area contributed by atoms with Gasteiger partial charge in [0.1, 0.15) is 12.4 Å². The van der Waals surface area contributed by atoms with Crippen LogP contribution in [0.5, 0.6) is 0 Å². The second-order valence-corrected chi connectivity index (χ2v) is 6.70. The van der Waals surface area contributed by atoms with E-state index in [0.717, 1.165) is 29.9 Å². The predicted molar refractivity (Wildman–Crippen MR) is 99.7 cm³/mol. The fourth-order valence-corrected chi connectivity index (χ4v) is 3.50. The molecule has 4 heterocycles. The van der Waals surface area contributed by atoms with Crippen molar-refractivity contribution in [1.82, 2.24) is 29.7 Å². The lowest BCUT2D eigenvalue weighted by Gasteiger charge is -2.27. The lowest BCUT2D eigenvalue weighted by molar-refractivity contribution is -0.119. The molecule has 1 amide bonds. The van der Waals surface area contributed by atoms with Crippen LogP contribution < -0.4 is 4.90 Å². The summed E-state index contributed by atoms with van der Waals surface area (Å²) < 4.78 is 21.3. The normalized spacial score (nSPS) is 13.5. The highest BCUT2D eigenvalue weighted by atomic mass is 19.1. The van der Waals surface area contributed by atoms with E-state index in [2.05, 4.69) is 20.3 Å². The highest BCUT2D eigenvalue weighted by Gasteiger charge is 2.27. The van der Waals surface area contributed by atoms with Gasteiger partial charge in [0.2, 0.25) is 18.1 Å². The summed E-state index contributed by atoms with van der Waals surface area (Å²) >= 11 is 0. The lowest BCUT2D eigenvalue weighted by atomic mass is 10.1. The van der Waals surface area contributed by atoms with E-state index in [4.69, 9.17) is 4.52 Å². The molecule has 9 nitrogen and oxygen atoms in total. The molecule has 3 aromatic heterocycles. The molecule has 0 spiro atoms. The van der Waals surface area contributed by atoms with Gasteiger partial charge in [-0.15, -0.1) is 0 Å². The van der Waals surface area contributed by atoms with E-state index in [0.29, 0.717) is 17.9 Å². The van der Waals surface area contributed by atoms with Crippen molar-refractivity contribution in [3.05, 3.63) is 60.8 Å². The molecular weight excluding hydrogens is 377 g/mol. The number of carbonyl (C=O) groups is 1. The van der Waals surface area contributed by atoms with Gasteiger partial charge in [-0.3, -0.25) is 9.48 Å². The summed E-state index contributed by atoms with van der Waals surface area (Å²) in [4.78, 5) is 18.6. The van der Waals surface area contributed by atoms with Crippen LogP contribution in [0.2, 0.25) is 0 Å². The maximum absolute atomic E-state index is 13.2. The zero-order valence-electron chi connectivity index (χ0n) is 15.3. The average molecular weight is 393 g/mol. The number of hydrogen-bond donors (Lipinski definition) is 0. The molecular formula is C19H16FN7O2. The van der Waals surface area contributed by atoms with Crippen molar-refractivity contribution < 1.29 is 13.7 Å². The Morgan fingerprint density at radius 2 is 2.03 bits per heavy atom. The number of aromatic nitrogens is 6. The van der Waals surface area contributed by atoms with Gasteiger partial charge in [-0.25, -0.2) is 9.07 Å². The Morgan fingerprint density at radius 3 is 2.83 bits per heavy atom. The van der Waals surface area contributed by atoms with E-state index in [9.17, 15) is 9.18 Å². The molecule has 0 aliphatic carbocycles. The first-order valence-electron chi connectivity index (χ1n) is 9.11. The van der Waals surface area contributed by atoms with Crippen molar-refractivity contribution in [3.8, 4) is 17.1 Å². The average Bonchev–Trinajstić information content (AvgIpc) is 3.48. The molecule has 0 saturated heterocycles. The summed E-state index contributed by atoms with van der Waals surface area (Å²) in [5.74, 6) is 0.0305. The van der Waals surface area contributed by atoms with E-state index in [-0.39, 0.29) is 18.3 Å². The molecule has 0 bridgehead atoms. The Bertz CT molecular complexity index is 1150. The number of fused-ring (bicyclic) bond motifs is 1. The molecule has 4 aromatic rings. The van der Waals surface area contributed by atoms with Crippen LogP contribution in [0.4, 0.5) is 10.1 Å². The molecule has 5 rings (SSSR count). The summed E-state index contributed by atoms with van der Waals surface area (Å²) in [5.41, 5.74) is 3.15. The quantitative estimate of drug-likeness (QED) is 0.528. The first-order valence-corrected chi connectivity index (χ1v) is 9.11. The largest absolute Gasteiger partial charge is 0.342 e. The molecule has 0 radical (unpaired) electrons. The van der Waals surface area contributed by atoms with Gasteiger partial charge in [-0.2, -0.15) is 15.2 Å². The summed E-state index contributed by atoms with van der Waals surface area (Å²) in [6.45, 7) is 0.693. The molecule has 146 valence electrons. The number of nitrogens with zero attached hydrogens (tertiary/aromatic N) is 7. The zero-order chi connectivity index (χ0) is 19.8. The smallest absolute Gasteiger partial charge is 0.248 e. The Balaban J connectivity index is 1.38. The molecule has 0 N–H and O–H groups in total. The number of benzene rings is 1. The van der Waals surface area contributed by atoms with Gasteiger partial charge in [-0.05, 0) is 37.1 Å². The van der Waals surface area contributed by atoms with Gasteiger partial charge >= 0.3 is 0 Å². The molecule has 10 heteroatoms. The monoisotopic (exact) mass is 393 g/mol. The Kier molecular flexibility index (Phi) is 4.15. The SMILES string of the molecule is O=C(Cn1cc(-c2ncon2)cn1)N1CCCc2c1cnn2-c1ccc(F)cc1.